The zero-order valence-corrected chi connectivity index (χ0v) is 17.3. The van der Waals surface area contributed by atoms with Gasteiger partial charge in [-0.05, 0) is 42.7 Å². The summed E-state index contributed by atoms with van der Waals surface area (Å²) in [6.07, 6.45) is 0. The van der Waals surface area contributed by atoms with E-state index >= 15 is 0 Å². The predicted molar refractivity (Wildman–Crippen MR) is 115 cm³/mol. The molecule has 0 saturated carbocycles. The average molecular weight is 396 g/mol. The number of methoxy groups -OCH3 is 1. The van der Waals surface area contributed by atoms with Gasteiger partial charge in [0.05, 0.1) is 12.1 Å². The highest BCUT2D eigenvalue weighted by Crippen LogP contribution is 2.37. The minimum Gasteiger partial charge on any atom is -0.493 e. The smallest absolute Gasteiger partial charge is 0.180 e. The van der Waals surface area contributed by atoms with Crippen LogP contribution in [-0.2, 0) is 19.7 Å². The molecule has 0 atom stereocenters. The largest absolute Gasteiger partial charge is 0.493 e. The summed E-state index contributed by atoms with van der Waals surface area (Å²) in [4.78, 5) is 0. The molecule has 0 aliphatic heterocycles. The Morgan fingerprint density at radius 2 is 1.36 bits per heavy atom. The first-order valence-corrected chi connectivity index (χ1v) is 9.74. The second-order valence-corrected chi connectivity index (χ2v) is 7.38. The van der Waals surface area contributed by atoms with Gasteiger partial charge in [-0.1, -0.05) is 71.3 Å². The molecular formula is C24H26ClNO2. The van der Waals surface area contributed by atoms with E-state index in [1.807, 2.05) is 12.1 Å². The summed E-state index contributed by atoms with van der Waals surface area (Å²) in [6, 6.07) is 20.7. The summed E-state index contributed by atoms with van der Waals surface area (Å²) in [5.41, 5.74) is 5.88. The third-order valence-corrected chi connectivity index (χ3v) is 4.85. The lowest BCUT2D eigenvalue weighted by molar-refractivity contribution is 0.284. The number of rotatable bonds is 8. The van der Waals surface area contributed by atoms with Gasteiger partial charge in [0, 0.05) is 13.1 Å². The molecule has 0 saturated heterocycles. The zero-order valence-electron chi connectivity index (χ0n) is 16.6. The first-order valence-electron chi connectivity index (χ1n) is 9.36. The summed E-state index contributed by atoms with van der Waals surface area (Å²) < 4.78 is 11.5. The van der Waals surface area contributed by atoms with Crippen LogP contribution in [0.15, 0.2) is 60.7 Å². The molecule has 146 valence electrons. The van der Waals surface area contributed by atoms with Crippen molar-refractivity contribution >= 4 is 11.6 Å². The maximum Gasteiger partial charge on any atom is 0.180 e. The van der Waals surface area contributed by atoms with E-state index in [0.717, 1.165) is 17.7 Å². The number of aryl methyl sites for hydroxylation is 2. The normalized spacial score (nSPS) is 10.7. The first kappa shape index (κ1) is 20.2. The molecule has 3 aromatic carbocycles. The second-order valence-electron chi connectivity index (χ2n) is 6.97. The van der Waals surface area contributed by atoms with Gasteiger partial charge in [-0.2, -0.15) is 0 Å². The van der Waals surface area contributed by atoms with E-state index in [1.54, 1.807) is 7.11 Å². The van der Waals surface area contributed by atoms with Crippen LogP contribution in [0.25, 0.3) is 0 Å². The first-order chi connectivity index (χ1) is 13.5. The van der Waals surface area contributed by atoms with Crippen LogP contribution < -0.4 is 14.8 Å². The van der Waals surface area contributed by atoms with Crippen molar-refractivity contribution in [2.75, 3.05) is 7.11 Å². The Kier molecular flexibility index (Phi) is 6.96. The Bertz CT molecular complexity index is 905. The third-order valence-electron chi connectivity index (χ3n) is 4.57. The number of nitrogens with one attached hydrogen (secondary N) is 1. The minimum absolute atomic E-state index is 0.446. The number of halogens is 1. The van der Waals surface area contributed by atoms with Crippen molar-refractivity contribution in [3.05, 3.63) is 93.5 Å². The van der Waals surface area contributed by atoms with Crippen LogP contribution in [0.1, 0.15) is 27.8 Å². The highest BCUT2D eigenvalue weighted by Gasteiger charge is 2.12. The molecule has 0 fully saturated rings. The standard InChI is InChI=1S/C24H26ClNO2/c1-17-4-8-19(9-5-17)14-26-15-21-12-22(25)24(23(13-21)27-3)28-16-20-10-6-18(2)7-11-20/h4-13,26H,14-16H2,1-3H3. The molecular weight excluding hydrogens is 370 g/mol. The molecule has 0 aromatic heterocycles. The average Bonchev–Trinajstić information content (AvgIpc) is 2.69. The van der Waals surface area contributed by atoms with E-state index in [9.17, 15) is 0 Å². The third kappa shape index (κ3) is 5.51. The van der Waals surface area contributed by atoms with Crippen molar-refractivity contribution in [2.45, 2.75) is 33.5 Å². The van der Waals surface area contributed by atoms with E-state index in [-0.39, 0.29) is 0 Å². The summed E-state index contributed by atoms with van der Waals surface area (Å²) in [7, 11) is 1.63. The fourth-order valence-corrected chi connectivity index (χ4v) is 3.20. The molecule has 28 heavy (non-hydrogen) atoms. The molecule has 0 unspecified atom stereocenters. The molecule has 0 aliphatic carbocycles. The van der Waals surface area contributed by atoms with Gasteiger partial charge in [0.25, 0.3) is 0 Å². The Morgan fingerprint density at radius 1 is 0.786 bits per heavy atom. The molecule has 3 aromatic rings. The minimum atomic E-state index is 0.446. The van der Waals surface area contributed by atoms with E-state index in [1.165, 1.54) is 16.7 Å². The molecule has 4 heteroatoms. The summed E-state index contributed by atoms with van der Waals surface area (Å²) in [5.74, 6) is 1.22. The van der Waals surface area contributed by atoms with E-state index in [2.05, 4.69) is 67.7 Å². The molecule has 0 radical (unpaired) electrons. The van der Waals surface area contributed by atoms with Gasteiger partial charge < -0.3 is 14.8 Å². The van der Waals surface area contributed by atoms with Gasteiger partial charge >= 0.3 is 0 Å². The number of benzene rings is 3. The molecule has 0 amide bonds. The fourth-order valence-electron chi connectivity index (χ4n) is 2.91. The molecule has 0 bridgehead atoms. The lowest BCUT2D eigenvalue weighted by Crippen LogP contribution is -2.13. The molecule has 0 heterocycles. The maximum absolute atomic E-state index is 6.49. The number of hydrogen-bond acceptors (Lipinski definition) is 3. The topological polar surface area (TPSA) is 30.5 Å². The highest BCUT2D eigenvalue weighted by molar-refractivity contribution is 6.32. The van der Waals surface area contributed by atoms with Gasteiger partial charge in [0.1, 0.15) is 6.61 Å². The summed E-state index contributed by atoms with van der Waals surface area (Å²) in [5, 5.41) is 4.00. The monoisotopic (exact) mass is 395 g/mol. The van der Waals surface area contributed by atoms with Crippen LogP contribution in [0.5, 0.6) is 11.5 Å². The SMILES string of the molecule is COc1cc(CNCc2ccc(C)cc2)cc(Cl)c1OCc1ccc(C)cc1. The lowest BCUT2D eigenvalue weighted by atomic mass is 10.1. The molecule has 1 N–H and O–H groups in total. The van der Waals surface area contributed by atoms with Gasteiger partial charge in [-0.25, -0.2) is 0 Å². The molecule has 0 spiro atoms. The molecule has 3 rings (SSSR count). The maximum atomic E-state index is 6.49. The fraction of sp³-hybridized carbons (Fsp3) is 0.250. The zero-order chi connectivity index (χ0) is 19.9. The van der Waals surface area contributed by atoms with Crippen LogP contribution in [-0.4, -0.2) is 7.11 Å². The summed E-state index contributed by atoms with van der Waals surface area (Å²) >= 11 is 6.49. The van der Waals surface area contributed by atoms with Crippen molar-refractivity contribution in [3.63, 3.8) is 0 Å². The van der Waals surface area contributed by atoms with Crippen molar-refractivity contribution in [1.29, 1.82) is 0 Å². The quantitative estimate of drug-likeness (QED) is 0.520. The van der Waals surface area contributed by atoms with Crippen LogP contribution in [0.3, 0.4) is 0 Å². The van der Waals surface area contributed by atoms with Crippen LogP contribution in [0.4, 0.5) is 0 Å². The van der Waals surface area contributed by atoms with Crippen molar-refractivity contribution < 1.29 is 9.47 Å². The van der Waals surface area contributed by atoms with Gasteiger partial charge in [-0.3, -0.25) is 0 Å². The molecule has 0 aliphatic rings. The Balaban J connectivity index is 1.63. The Hall–Kier alpha value is -2.49. The lowest BCUT2D eigenvalue weighted by Gasteiger charge is -2.15. The van der Waals surface area contributed by atoms with Gasteiger partial charge in [-0.15, -0.1) is 0 Å². The highest BCUT2D eigenvalue weighted by atomic mass is 35.5. The van der Waals surface area contributed by atoms with Crippen LogP contribution >= 0.6 is 11.6 Å². The van der Waals surface area contributed by atoms with E-state index in [0.29, 0.717) is 29.7 Å². The van der Waals surface area contributed by atoms with Gasteiger partial charge in [0.15, 0.2) is 11.5 Å². The number of hydrogen-bond donors (Lipinski definition) is 1. The van der Waals surface area contributed by atoms with Crippen LogP contribution in [0.2, 0.25) is 5.02 Å². The summed E-state index contributed by atoms with van der Waals surface area (Å²) in [6.45, 7) is 6.10. The van der Waals surface area contributed by atoms with E-state index in [4.69, 9.17) is 21.1 Å². The van der Waals surface area contributed by atoms with Gasteiger partial charge in [0.2, 0.25) is 0 Å². The second kappa shape index (κ2) is 9.63. The molecule has 3 nitrogen and oxygen atoms in total. The Morgan fingerprint density at radius 3 is 1.96 bits per heavy atom. The number of ether oxygens (including phenoxy) is 2. The van der Waals surface area contributed by atoms with Crippen molar-refractivity contribution in [1.82, 2.24) is 5.32 Å². The van der Waals surface area contributed by atoms with Crippen molar-refractivity contribution in [2.24, 2.45) is 0 Å². The predicted octanol–water partition coefficient (Wildman–Crippen LogP) is 5.83. The van der Waals surface area contributed by atoms with Crippen LogP contribution in [0, 0.1) is 13.8 Å². The Labute approximate surface area is 172 Å². The van der Waals surface area contributed by atoms with E-state index < -0.39 is 0 Å². The van der Waals surface area contributed by atoms with Crippen molar-refractivity contribution in [3.8, 4) is 11.5 Å².